The number of rotatable bonds is 5. The Morgan fingerprint density at radius 3 is 2.64 bits per heavy atom. The molecule has 1 saturated heterocycles. The first kappa shape index (κ1) is 18.3. The number of anilines is 1. The maximum atomic E-state index is 12.9. The highest BCUT2D eigenvalue weighted by Gasteiger charge is 2.26. The number of aryl methyl sites for hydroxylation is 1. The summed E-state index contributed by atoms with van der Waals surface area (Å²) in [4.78, 5) is 34.7. The van der Waals surface area contributed by atoms with Gasteiger partial charge in [-0.2, -0.15) is 0 Å². The van der Waals surface area contributed by atoms with E-state index in [-0.39, 0.29) is 5.91 Å². The molecule has 1 aliphatic heterocycles. The van der Waals surface area contributed by atoms with Crippen LogP contribution in [-0.4, -0.2) is 56.9 Å². The molecule has 0 unspecified atom stereocenters. The highest BCUT2D eigenvalue weighted by Crippen LogP contribution is 2.22. The molecule has 144 valence electrons. The average Bonchev–Trinajstić information content (AvgIpc) is 3.14. The molecular weight excluding hydrogens is 376 g/mol. The van der Waals surface area contributed by atoms with Gasteiger partial charge >= 0.3 is 0 Å². The molecule has 4 rings (SSSR count). The first-order valence-corrected chi connectivity index (χ1v) is 9.83. The molecule has 0 bridgehead atoms. The van der Waals surface area contributed by atoms with Gasteiger partial charge in [0.15, 0.2) is 0 Å². The Balaban J connectivity index is 1.37. The molecule has 0 N–H and O–H groups in total. The predicted octanol–water partition coefficient (Wildman–Crippen LogP) is 2.18. The minimum Gasteiger partial charge on any atom is -0.485 e. The number of hydrogen-bond acceptors (Lipinski definition) is 8. The van der Waals surface area contributed by atoms with Gasteiger partial charge in [0.1, 0.15) is 22.2 Å². The largest absolute Gasteiger partial charge is 0.485 e. The lowest BCUT2D eigenvalue weighted by molar-refractivity contribution is 0.0750. The molecule has 3 aromatic heterocycles. The number of carbonyl (C=O) groups excluding carboxylic acids is 1. The van der Waals surface area contributed by atoms with E-state index < -0.39 is 0 Å². The zero-order chi connectivity index (χ0) is 19.3. The third-order valence-electron chi connectivity index (χ3n) is 4.43. The van der Waals surface area contributed by atoms with Gasteiger partial charge in [0.2, 0.25) is 5.95 Å². The van der Waals surface area contributed by atoms with E-state index in [2.05, 4.69) is 24.8 Å². The Bertz CT molecular complexity index is 926. The first-order chi connectivity index (χ1) is 13.7. The second-order valence-corrected chi connectivity index (χ2v) is 7.41. The van der Waals surface area contributed by atoms with Crippen molar-refractivity contribution in [1.29, 1.82) is 0 Å². The first-order valence-electron chi connectivity index (χ1n) is 9.01. The smallest absolute Gasteiger partial charge is 0.265 e. The Kier molecular flexibility index (Phi) is 5.43. The van der Waals surface area contributed by atoms with Crippen LogP contribution in [0, 0.1) is 6.92 Å². The van der Waals surface area contributed by atoms with Crippen molar-refractivity contribution in [2.45, 2.75) is 13.5 Å². The van der Waals surface area contributed by atoms with Crippen LogP contribution in [0.4, 0.5) is 5.95 Å². The van der Waals surface area contributed by atoms with E-state index in [0.717, 1.165) is 10.7 Å². The number of nitrogens with zero attached hydrogens (tertiary/aromatic N) is 6. The molecule has 1 aliphatic rings. The van der Waals surface area contributed by atoms with Crippen molar-refractivity contribution in [2.75, 3.05) is 31.1 Å². The van der Waals surface area contributed by atoms with Crippen molar-refractivity contribution in [1.82, 2.24) is 24.8 Å². The summed E-state index contributed by atoms with van der Waals surface area (Å²) < 4.78 is 5.69. The van der Waals surface area contributed by atoms with Crippen molar-refractivity contribution in [3.8, 4) is 5.75 Å². The summed E-state index contributed by atoms with van der Waals surface area (Å²) >= 11 is 1.39. The van der Waals surface area contributed by atoms with Gasteiger partial charge in [-0.25, -0.2) is 15.0 Å². The van der Waals surface area contributed by atoms with Gasteiger partial charge in [-0.15, -0.1) is 11.3 Å². The standard InChI is InChI=1S/C19H20N6O2S/c1-14-17(28-16(23-14)13-27-15-4-2-5-20-12-15)18(26)24-8-10-25(11-9-24)19-21-6-3-7-22-19/h2-7,12H,8-11,13H2,1H3. The van der Waals surface area contributed by atoms with Gasteiger partial charge in [-0.3, -0.25) is 9.78 Å². The number of hydrogen-bond donors (Lipinski definition) is 0. The fourth-order valence-electron chi connectivity index (χ4n) is 3.00. The monoisotopic (exact) mass is 396 g/mol. The summed E-state index contributed by atoms with van der Waals surface area (Å²) in [7, 11) is 0. The lowest BCUT2D eigenvalue weighted by Gasteiger charge is -2.34. The van der Waals surface area contributed by atoms with E-state index >= 15 is 0 Å². The zero-order valence-corrected chi connectivity index (χ0v) is 16.3. The van der Waals surface area contributed by atoms with E-state index in [1.54, 1.807) is 30.9 Å². The number of ether oxygens (including phenoxy) is 1. The maximum absolute atomic E-state index is 12.9. The Hall–Kier alpha value is -3.07. The molecule has 0 radical (unpaired) electrons. The van der Waals surface area contributed by atoms with Gasteiger partial charge in [0.25, 0.3) is 5.91 Å². The predicted molar refractivity (Wildman–Crippen MR) is 106 cm³/mol. The molecule has 0 aliphatic carbocycles. The highest BCUT2D eigenvalue weighted by molar-refractivity contribution is 7.13. The summed E-state index contributed by atoms with van der Waals surface area (Å²) in [5.41, 5.74) is 0.744. The van der Waals surface area contributed by atoms with E-state index in [9.17, 15) is 4.79 Å². The average molecular weight is 396 g/mol. The van der Waals surface area contributed by atoms with E-state index in [1.807, 2.05) is 24.0 Å². The lowest BCUT2D eigenvalue weighted by atomic mass is 10.3. The van der Waals surface area contributed by atoms with Crippen LogP contribution in [0.5, 0.6) is 5.75 Å². The van der Waals surface area contributed by atoms with Crippen molar-refractivity contribution < 1.29 is 9.53 Å². The molecule has 8 nitrogen and oxygen atoms in total. The third kappa shape index (κ3) is 4.09. The van der Waals surface area contributed by atoms with Gasteiger partial charge in [-0.1, -0.05) is 0 Å². The van der Waals surface area contributed by atoms with Crippen molar-refractivity contribution in [3.63, 3.8) is 0 Å². The van der Waals surface area contributed by atoms with Crippen LogP contribution >= 0.6 is 11.3 Å². The van der Waals surface area contributed by atoms with E-state index in [1.165, 1.54) is 11.3 Å². The minimum absolute atomic E-state index is 0.0243. The molecule has 1 amide bonds. The summed E-state index contributed by atoms with van der Waals surface area (Å²) in [6, 6.07) is 5.46. The maximum Gasteiger partial charge on any atom is 0.265 e. The number of carbonyl (C=O) groups is 1. The van der Waals surface area contributed by atoms with Crippen molar-refractivity contribution in [3.05, 3.63) is 58.6 Å². The van der Waals surface area contributed by atoms with Crippen LogP contribution in [0.3, 0.4) is 0 Å². The molecule has 0 spiro atoms. The van der Waals surface area contributed by atoms with Gasteiger partial charge in [-0.05, 0) is 25.1 Å². The van der Waals surface area contributed by atoms with E-state index in [0.29, 0.717) is 49.4 Å². The molecule has 0 saturated carbocycles. The lowest BCUT2D eigenvalue weighted by Crippen LogP contribution is -2.49. The third-order valence-corrected chi connectivity index (χ3v) is 5.55. The second kappa shape index (κ2) is 8.30. The normalized spacial score (nSPS) is 14.2. The molecule has 0 atom stereocenters. The molecular formula is C19H20N6O2S. The highest BCUT2D eigenvalue weighted by atomic mass is 32.1. The molecule has 0 aromatic carbocycles. The number of piperazine rings is 1. The van der Waals surface area contributed by atoms with Crippen molar-refractivity contribution >= 4 is 23.2 Å². The Morgan fingerprint density at radius 2 is 1.93 bits per heavy atom. The van der Waals surface area contributed by atoms with Gasteiger partial charge in [0.05, 0.1) is 11.9 Å². The topological polar surface area (TPSA) is 84.3 Å². The fraction of sp³-hybridized carbons (Fsp3) is 0.316. The van der Waals surface area contributed by atoms with Crippen LogP contribution in [0.25, 0.3) is 0 Å². The Morgan fingerprint density at radius 1 is 1.14 bits per heavy atom. The second-order valence-electron chi connectivity index (χ2n) is 6.33. The molecule has 3 aromatic rings. The molecule has 4 heterocycles. The van der Waals surface area contributed by atoms with E-state index in [4.69, 9.17) is 4.74 Å². The molecule has 28 heavy (non-hydrogen) atoms. The summed E-state index contributed by atoms with van der Waals surface area (Å²) in [5.74, 6) is 1.41. The van der Waals surface area contributed by atoms with Gasteiger partial charge < -0.3 is 14.5 Å². The molecule has 1 fully saturated rings. The number of pyridine rings is 1. The number of thiazole rings is 1. The van der Waals surface area contributed by atoms with Crippen LogP contribution in [-0.2, 0) is 6.61 Å². The van der Waals surface area contributed by atoms with Crippen molar-refractivity contribution in [2.24, 2.45) is 0 Å². The number of amides is 1. The Labute approximate surface area is 166 Å². The SMILES string of the molecule is Cc1nc(COc2cccnc2)sc1C(=O)N1CCN(c2ncccn2)CC1. The summed E-state index contributed by atoms with van der Waals surface area (Å²) in [6.07, 6.45) is 6.81. The van der Waals surface area contributed by atoms with Crippen LogP contribution in [0.1, 0.15) is 20.4 Å². The number of aromatic nitrogens is 4. The quantitative estimate of drug-likeness (QED) is 0.653. The molecule has 9 heteroatoms. The minimum atomic E-state index is 0.0243. The van der Waals surface area contributed by atoms with Crippen LogP contribution in [0.2, 0.25) is 0 Å². The zero-order valence-electron chi connectivity index (χ0n) is 15.5. The van der Waals surface area contributed by atoms with Gasteiger partial charge in [0, 0.05) is 44.8 Å². The van der Waals surface area contributed by atoms with Crippen LogP contribution in [0.15, 0.2) is 43.0 Å². The summed E-state index contributed by atoms with van der Waals surface area (Å²) in [6.45, 7) is 4.88. The fourth-order valence-corrected chi connectivity index (χ4v) is 3.94. The van der Waals surface area contributed by atoms with Crippen LogP contribution < -0.4 is 9.64 Å². The summed E-state index contributed by atoms with van der Waals surface area (Å²) in [5, 5.41) is 0.779.